The first-order valence-electron chi connectivity index (χ1n) is 11.6. The minimum Gasteiger partial charge on any atom is -0.494 e. The van der Waals surface area contributed by atoms with Gasteiger partial charge in [-0.3, -0.25) is 14.3 Å². The van der Waals surface area contributed by atoms with Gasteiger partial charge in [0.2, 0.25) is 4.77 Å². The average molecular weight is 485 g/mol. The van der Waals surface area contributed by atoms with Crippen LogP contribution in [0.5, 0.6) is 5.75 Å². The number of halogens is 1. The van der Waals surface area contributed by atoms with Crippen LogP contribution in [0.4, 0.5) is 4.39 Å². The van der Waals surface area contributed by atoms with E-state index in [1.165, 1.54) is 6.07 Å². The lowest BCUT2D eigenvalue weighted by atomic mass is 9.97. The van der Waals surface area contributed by atoms with Gasteiger partial charge in [-0.15, -0.1) is 5.10 Å². The molecule has 0 spiro atoms. The van der Waals surface area contributed by atoms with Crippen LogP contribution < -0.4 is 4.74 Å². The van der Waals surface area contributed by atoms with Crippen molar-refractivity contribution in [3.8, 4) is 22.8 Å². The average Bonchev–Trinajstić information content (AvgIpc) is 3.16. The lowest BCUT2D eigenvalue weighted by molar-refractivity contribution is -0.149. The summed E-state index contributed by atoms with van der Waals surface area (Å²) in [7, 11) is 0. The normalized spacial score (nSPS) is 14.8. The van der Waals surface area contributed by atoms with E-state index in [0.717, 1.165) is 37.2 Å². The van der Waals surface area contributed by atoms with Gasteiger partial charge >= 0.3 is 5.97 Å². The van der Waals surface area contributed by atoms with Crippen LogP contribution >= 0.6 is 12.2 Å². The van der Waals surface area contributed by atoms with Gasteiger partial charge in [0.15, 0.2) is 5.82 Å². The fourth-order valence-corrected chi connectivity index (χ4v) is 4.45. The van der Waals surface area contributed by atoms with E-state index in [2.05, 4.69) is 4.90 Å². The number of aromatic nitrogens is 3. The first kappa shape index (κ1) is 24.1. The van der Waals surface area contributed by atoms with Gasteiger partial charge in [-0.25, -0.2) is 9.07 Å². The number of likely N-dealkylation sites (tertiary alicyclic amines) is 1. The maximum Gasteiger partial charge on any atom is 0.309 e. The Morgan fingerprint density at radius 3 is 2.44 bits per heavy atom. The monoisotopic (exact) mass is 484 g/mol. The van der Waals surface area contributed by atoms with E-state index in [1.54, 1.807) is 27.4 Å². The Kier molecular flexibility index (Phi) is 7.74. The zero-order valence-electron chi connectivity index (χ0n) is 19.4. The number of carbonyl (C=O) groups excluding carboxylic acids is 1. The second-order valence-electron chi connectivity index (χ2n) is 8.14. The highest BCUT2D eigenvalue weighted by Gasteiger charge is 2.27. The molecule has 7 nitrogen and oxygen atoms in total. The molecule has 9 heteroatoms. The quantitative estimate of drug-likeness (QED) is 0.337. The summed E-state index contributed by atoms with van der Waals surface area (Å²) < 4.78 is 29.3. The molecule has 2 aromatic carbocycles. The van der Waals surface area contributed by atoms with Crippen LogP contribution in [0.15, 0.2) is 48.5 Å². The molecule has 0 atom stereocenters. The molecule has 1 aliphatic heterocycles. The predicted octanol–water partition coefficient (Wildman–Crippen LogP) is 4.84. The minimum absolute atomic E-state index is 0.0699. The van der Waals surface area contributed by atoms with Crippen molar-refractivity contribution < 1.29 is 18.7 Å². The molecule has 1 saturated heterocycles. The van der Waals surface area contributed by atoms with Crippen molar-refractivity contribution in [3.63, 3.8) is 0 Å². The molecule has 0 radical (unpaired) electrons. The van der Waals surface area contributed by atoms with Crippen LogP contribution in [0.1, 0.15) is 26.7 Å². The highest BCUT2D eigenvalue weighted by molar-refractivity contribution is 7.71. The number of esters is 1. The van der Waals surface area contributed by atoms with Gasteiger partial charge in [0.1, 0.15) is 11.6 Å². The van der Waals surface area contributed by atoms with Crippen LogP contribution in [0.2, 0.25) is 0 Å². The molecule has 0 N–H and O–H groups in total. The van der Waals surface area contributed by atoms with Crippen molar-refractivity contribution in [1.82, 2.24) is 19.2 Å². The highest BCUT2D eigenvalue weighted by atomic mass is 32.1. The lowest BCUT2D eigenvalue weighted by Gasteiger charge is -2.30. The van der Waals surface area contributed by atoms with E-state index in [0.29, 0.717) is 36.2 Å². The first-order valence-corrected chi connectivity index (χ1v) is 12.0. The van der Waals surface area contributed by atoms with Crippen molar-refractivity contribution in [1.29, 1.82) is 0 Å². The second-order valence-corrected chi connectivity index (χ2v) is 8.50. The Bertz CT molecular complexity index is 1180. The van der Waals surface area contributed by atoms with E-state index >= 15 is 0 Å². The Labute approximate surface area is 203 Å². The minimum atomic E-state index is -0.374. The zero-order chi connectivity index (χ0) is 24.1. The van der Waals surface area contributed by atoms with Crippen LogP contribution in [-0.2, 0) is 16.2 Å². The number of carbonyl (C=O) groups is 1. The van der Waals surface area contributed by atoms with E-state index in [-0.39, 0.29) is 17.7 Å². The Hall–Kier alpha value is -3.04. The van der Waals surface area contributed by atoms with Crippen molar-refractivity contribution >= 4 is 18.2 Å². The smallest absolute Gasteiger partial charge is 0.309 e. The number of benzene rings is 2. The molecule has 0 unspecified atom stereocenters. The fourth-order valence-electron chi connectivity index (χ4n) is 4.16. The summed E-state index contributed by atoms with van der Waals surface area (Å²) in [5.41, 5.74) is 1.15. The van der Waals surface area contributed by atoms with E-state index in [9.17, 15) is 9.18 Å². The number of para-hydroxylation sites is 1. The Balaban J connectivity index is 1.63. The molecule has 1 fully saturated rings. The van der Waals surface area contributed by atoms with Crippen LogP contribution in [-0.4, -0.2) is 51.5 Å². The van der Waals surface area contributed by atoms with Gasteiger partial charge in [0.25, 0.3) is 0 Å². The molecule has 1 aromatic heterocycles. The van der Waals surface area contributed by atoms with Crippen molar-refractivity contribution in [2.24, 2.45) is 5.92 Å². The molecule has 2 heterocycles. The number of ether oxygens (including phenoxy) is 2. The molecule has 3 aromatic rings. The summed E-state index contributed by atoms with van der Waals surface area (Å²) >= 11 is 5.76. The van der Waals surface area contributed by atoms with Gasteiger partial charge < -0.3 is 9.47 Å². The largest absolute Gasteiger partial charge is 0.494 e. The zero-order valence-corrected chi connectivity index (χ0v) is 20.3. The topological polar surface area (TPSA) is 61.5 Å². The molecule has 180 valence electrons. The summed E-state index contributed by atoms with van der Waals surface area (Å²) in [5.74, 6) is 0.742. The summed E-state index contributed by atoms with van der Waals surface area (Å²) in [6.45, 7) is 6.65. The first-order chi connectivity index (χ1) is 16.5. The standard InChI is InChI=1S/C25H29FN4O3S/c1-3-32-20-11-9-18(10-12-20)23-27-29(25(34)30(23)22-8-6-5-7-21(22)26)17-28-15-13-19(14-16-28)24(31)33-4-2/h5-12,19H,3-4,13-17H2,1-2H3. The molecule has 0 amide bonds. The van der Waals surface area contributed by atoms with Crippen LogP contribution in [0, 0.1) is 16.5 Å². The number of rotatable bonds is 8. The van der Waals surface area contributed by atoms with Crippen molar-refractivity contribution in [3.05, 3.63) is 59.1 Å². The van der Waals surface area contributed by atoms with E-state index in [1.807, 2.05) is 38.1 Å². The van der Waals surface area contributed by atoms with Crippen molar-refractivity contribution in [2.45, 2.75) is 33.4 Å². The molecule has 4 rings (SSSR count). The number of nitrogens with zero attached hydrogens (tertiary/aromatic N) is 4. The third-order valence-corrected chi connectivity index (χ3v) is 6.29. The van der Waals surface area contributed by atoms with Crippen LogP contribution in [0.3, 0.4) is 0 Å². The molecule has 1 aliphatic rings. The number of hydrogen-bond donors (Lipinski definition) is 0. The van der Waals surface area contributed by atoms with E-state index < -0.39 is 0 Å². The third-order valence-electron chi connectivity index (χ3n) is 5.90. The Morgan fingerprint density at radius 1 is 1.09 bits per heavy atom. The number of piperidine rings is 1. The van der Waals surface area contributed by atoms with Gasteiger partial charge in [-0.1, -0.05) is 12.1 Å². The molecule has 0 saturated carbocycles. The predicted molar refractivity (Wildman–Crippen MR) is 130 cm³/mol. The molecule has 34 heavy (non-hydrogen) atoms. The van der Waals surface area contributed by atoms with Crippen molar-refractivity contribution in [2.75, 3.05) is 26.3 Å². The highest BCUT2D eigenvalue weighted by Crippen LogP contribution is 2.27. The third kappa shape index (κ3) is 5.20. The van der Waals surface area contributed by atoms with E-state index in [4.69, 9.17) is 26.8 Å². The summed E-state index contributed by atoms with van der Waals surface area (Å²) in [6, 6.07) is 14.1. The maximum absolute atomic E-state index is 14.8. The van der Waals surface area contributed by atoms with Gasteiger partial charge in [0, 0.05) is 18.7 Å². The molecule has 0 aliphatic carbocycles. The van der Waals surface area contributed by atoms with Gasteiger partial charge in [0.05, 0.1) is 31.5 Å². The fraction of sp³-hybridized carbons (Fsp3) is 0.400. The lowest BCUT2D eigenvalue weighted by Crippen LogP contribution is -2.38. The summed E-state index contributed by atoms with van der Waals surface area (Å²) in [4.78, 5) is 14.3. The number of hydrogen-bond acceptors (Lipinski definition) is 6. The van der Waals surface area contributed by atoms with Crippen LogP contribution in [0.25, 0.3) is 17.1 Å². The molecular formula is C25H29FN4O3S. The molecular weight excluding hydrogens is 455 g/mol. The summed E-state index contributed by atoms with van der Waals surface area (Å²) in [5, 5.41) is 4.79. The SMILES string of the molecule is CCOC(=O)C1CCN(Cn2nc(-c3ccc(OCC)cc3)n(-c3ccccc3F)c2=S)CC1. The maximum atomic E-state index is 14.8. The summed E-state index contributed by atoms with van der Waals surface area (Å²) in [6.07, 6.45) is 1.46. The second kappa shape index (κ2) is 10.9. The molecule has 0 bridgehead atoms. The Morgan fingerprint density at radius 2 is 1.79 bits per heavy atom. The van der Waals surface area contributed by atoms with Gasteiger partial charge in [-0.2, -0.15) is 0 Å². The van der Waals surface area contributed by atoms with Gasteiger partial charge in [-0.05, 0) is 75.3 Å².